The van der Waals surface area contributed by atoms with E-state index in [0.29, 0.717) is 0 Å². The lowest BCUT2D eigenvalue weighted by molar-refractivity contribution is 0.282. The van der Waals surface area contributed by atoms with Gasteiger partial charge in [0.1, 0.15) is 0 Å². The lowest BCUT2D eigenvalue weighted by Crippen LogP contribution is -2.27. The van der Waals surface area contributed by atoms with Gasteiger partial charge >= 0.3 is 0 Å². The number of rotatable bonds is 5. The first kappa shape index (κ1) is 11.0. The van der Waals surface area contributed by atoms with E-state index in [0.717, 1.165) is 24.2 Å². The van der Waals surface area contributed by atoms with Crippen LogP contribution >= 0.6 is 0 Å². The molecule has 3 heteroatoms. The minimum absolute atomic E-state index is 0.0920. The number of hydrogen-bond acceptors (Lipinski definition) is 3. The summed E-state index contributed by atoms with van der Waals surface area (Å²) in [5, 5.41) is 12.1. The van der Waals surface area contributed by atoms with Crippen molar-refractivity contribution in [2.45, 2.75) is 26.0 Å². The molecule has 1 unspecified atom stereocenters. The molecule has 0 fully saturated rings. The maximum Gasteiger partial charge on any atom is 0.0681 e. The summed E-state index contributed by atoms with van der Waals surface area (Å²) in [6, 6.07) is 7.91. The first-order valence-electron chi connectivity index (χ1n) is 4.95. The van der Waals surface area contributed by atoms with Crippen LogP contribution < -0.4 is 11.1 Å². The highest BCUT2D eigenvalue weighted by Gasteiger charge is 1.98. The minimum Gasteiger partial charge on any atom is -0.392 e. The summed E-state index contributed by atoms with van der Waals surface area (Å²) in [7, 11) is 0. The Morgan fingerprint density at radius 1 is 1.36 bits per heavy atom. The molecular weight excluding hydrogens is 176 g/mol. The zero-order valence-corrected chi connectivity index (χ0v) is 8.53. The van der Waals surface area contributed by atoms with Crippen LogP contribution in [0.4, 0.5) is 5.69 Å². The van der Waals surface area contributed by atoms with Crippen molar-refractivity contribution >= 4 is 5.69 Å². The first-order chi connectivity index (χ1) is 6.76. The lowest BCUT2D eigenvalue weighted by atomic mass is 10.2. The number of hydrogen-bond donors (Lipinski definition) is 3. The van der Waals surface area contributed by atoms with Gasteiger partial charge in [-0.2, -0.15) is 0 Å². The van der Waals surface area contributed by atoms with Crippen LogP contribution in [-0.4, -0.2) is 17.7 Å². The topological polar surface area (TPSA) is 58.3 Å². The molecule has 4 N–H and O–H groups in total. The predicted octanol–water partition coefficient (Wildman–Crippen LogP) is 1.33. The second kappa shape index (κ2) is 5.62. The Morgan fingerprint density at radius 2 is 2.00 bits per heavy atom. The fourth-order valence-corrected chi connectivity index (χ4v) is 1.12. The second-order valence-corrected chi connectivity index (χ2v) is 3.40. The SMILES string of the molecule is CCC(N)CNc1ccc(CO)cc1. The molecule has 1 atom stereocenters. The van der Waals surface area contributed by atoms with Crippen LogP contribution in [-0.2, 0) is 6.61 Å². The standard InChI is InChI=1S/C11H18N2O/c1-2-10(12)7-13-11-5-3-9(8-14)4-6-11/h3-6,10,13-14H,2,7-8,12H2,1H3. The van der Waals surface area contributed by atoms with E-state index in [1.165, 1.54) is 0 Å². The second-order valence-electron chi connectivity index (χ2n) is 3.40. The summed E-state index contributed by atoms with van der Waals surface area (Å²) in [5.41, 5.74) is 7.75. The van der Waals surface area contributed by atoms with Gasteiger partial charge in [0.15, 0.2) is 0 Å². The summed E-state index contributed by atoms with van der Waals surface area (Å²) in [6.07, 6.45) is 0.974. The van der Waals surface area contributed by atoms with Gasteiger partial charge in [0.25, 0.3) is 0 Å². The average Bonchev–Trinajstić information content (AvgIpc) is 2.26. The van der Waals surface area contributed by atoms with Gasteiger partial charge in [0, 0.05) is 18.3 Å². The highest BCUT2D eigenvalue weighted by atomic mass is 16.3. The molecule has 0 amide bonds. The van der Waals surface area contributed by atoms with E-state index in [4.69, 9.17) is 10.8 Å². The van der Waals surface area contributed by atoms with Gasteiger partial charge < -0.3 is 16.2 Å². The van der Waals surface area contributed by atoms with Crippen molar-refractivity contribution in [3.8, 4) is 0 Å². The maximum absolute atomic E-state index is 8.84. The van der Waals surface area contributed by atoms with E-state index >= 15 is 0 Å². The van der Waals surface area contributed by atoms with Gasteiger partial charge in [-0.1, -0.05) is 19.1 Å². The van der Waals surface area contributed by atoms with E-state index < -0.39 is 0 Å². The number of nitrogens with two attached hydrogens (primary N) is 1. The van der Waals surface area contributed by atoms with Crippen molar-refractivity contribution in [3.05, 3.63) is 29.8 Å². The third-order valence-electron chi connectivity index (χ3n) is 2.23. The van der Waals surface area contributed by atoms with Crippen molar-refractivity contribution in [2.75, 3.05) is 11.9 Å². The summed E-state index contributed by atoms with van der Waals surface area (Å²) in [5.74, 6) is 0. The van der Waals surface area contributed by atoms with Crippen molar-refractivity contribution in [3.63, 3.8) is 0 Å². The smallest absolute Gasteiger partial charge is 0.0681 e. The molecule has 14 heavy (non-hydrogen) atoms. The number of benzene rings is 1. The van der Waals surface area contributed by atoms with Crippen molar-refractivity contribution < 1.29 is 5.11 Å². The molecule has 0 aromatic heterocycles. The summed E-state index contributed by atoms with van der Waals surface area (Å²) in [6.45, 7) is 2.95. The Hall–Kier alpha value is -1.06. The van der Waals surface area contributed by atoms with Crippen LogP contribution in [0.5, 0.6) is 0 Å². The van der Waals surface area contributed by atoms with Crippen molar-refractivity contribution in [1.82, 2.24) is 0 Å². The van der Waals surface area contributed by atoms with E-state index in [1.54, 1.807) is 0 Å². The molecule has 0 saturated carbocycles. The summed E-state index contributed by atoms with van der Waals surface area (Å²) >= 11 is 0. The average molecular weight is 194 g/mol. The van der Waals surface area contributed by atoms with E-state index in [9.17, 15) is 0 Å². The molecule has 0 aliphatic carbocycles. The molecular formula is C11H18N2O. The highest BCUT2D eigenvalue weighted by Crippen LogP contribution is 2.09. The Bertz CT molecular complexity index is 258. The van der Waals surface area contributed by atoms with Crippen molar-refractivity contribution in [1.29, 1.82) is 0 Å². The number of anilines is 1. The number of aliphatic hydroxyl groups is 1. The quantitative estimate of drug-likeness (QED) is 0.662. The molecule has 0 aliphatic heterocycles. The lowest BCUT2D eigenvalue weighted by Gasteiger charge is -2.11. The van der Waals surface area contributed by atoms with E-state index in [-0.39, 0.29) is 12.6 Å². The molecule has 0 radical (unpaired) electrons. The van der Waals surface area contributed by atoms with Gasteiger partial charge in [0.2, 0.25) is 0 Å². The summed E-state index contributed by atoms with van der Waals surface area (Å²) < 4.78 is 0. The Balaban J connectivity index is 2.43. The maximum atomic E-state index is 8.84. The minimum atomic E-state index is 0.0920. The van der Waals surface area contributed by atoms with Gasteiger partial charge in [-0.05, 0) is 24.1 Å². The predicted molar refractivity (Wildman–Crippen MR) is 59.1 cm³/mol. The van der Waals surface area contributed by atoms with Crippen molar-refractivity contribution in [2.24, 2.45) is 5.73 Å². The van der Waals surface area contributed by atoms with Crippen LogP contribution in [0.2, 0.25) is 0 Å². The van der Waals surface area contributed by atoms with Crippen LogP contribution in [0.15, 0.2) is 24.3 Å². The third-order valence-corrected chi connectivity index (χ3v) is 2.23. The number of nitrogens with one attached hydrogen (secondary N) is 1. The van der Waals surface area contributed by atoms with Crippen LogP contribution in [0.3, 0.4) is 0 Å². The molecule has 1 aromatic rings. The van der Waals surface area contributed by atoms with Crippen LogP contribution in [0.25, 0.3) is 0 Å². The van der Waals surface area contributed by atoms with Crippen LogP contribution in [0.1, 0.15) is 18.9 Å². The molecule has 0 heterocycles. The molecule has 1 rings (SSSR count). The van der Waals surface area contributed by atoms with Gasteiger partial charge in [-0.25, -0.2) is 0 Å². The fraction of sp³-hybridized carbons (Fsp3) is 0.455. The fourth-order valence-electron chi connectivity index (χ4n) is 1.12. The third kappa shape index (κ3) is 3.36. The zero-order valence-electron chi connectivity index (χ0n) is 8.53. The molecule has 3 nitrogen and oxygen atoms in total. The highest BCUT2D eigenvalue weighted by molar-refractivity contribution is 5.44. The van der Waals surface area contributed by atoms with Gasteiger partial charge in [0.05, 0.1) is 6.61 Å². The Labute approximate surface area is 84.9 Å². The summed E-state index contributed by atoms with van der Waals surface area (Å²) in [4.78, 5) is 0. The molecule has 0 spiro atoms. The normalized spacial score (nSPS) is 12.5. The van der Waals surface area contributed by atoms with E-state index in [1.807, 2.05) is 24.3 Å². The molecule has 0 saturated heterocycles. The van der Waals surface area contributed by atoms with Gasteiger partial charge in [-0.3, -0.25) is 0 Å². The number of aliphatic hydroxyl groups excluding tert-OH is 1. The van der Waals surface area contributed by atoms with Crippen LogP contribution in [0, 0.1) is 0 Å². The van der Waals surface area contributed by atoms with Gasteiger partial charge in [-0.15, -0.1) is 0 Å². The molecule has 78 valence electrons. The Kier molecular flexibility index (Phi) is 4.43. The molecule has 0 aliphatic rings. The monoisotopic (exact) mass is 194 g/mol. The molecule has 0 bridgehead atoms. The molecule has 1 aromatic carbocycles. The largest absolute Gasteiger partial charge is 0.392 e. The zero-order chi connectivity index (χ0) is 10.4. The first-order valence-corrected chi connectivity index (χ1v) is 4.95. The Morgan fingerprint density at radius 3 is 2.50 bits per heavy atom. The van der Waals surface area contributed by atoms with E-state index in [2.05, 4.69) is 12.2 Å².